The quantitative estimate of drug-likeness (QED) is 0.716. The Kier molecular flexibility index (Phi) is 5.98. The first kappa shape index (κ1) is 19.6. The van der Waals surface area contributed by atoms with Crippen LogP contribution in [0.15, 0.2) is 45.9 Å². The Labute approximate surface area is 159 Å². The van der Waals surface area contributed by atoms with Crippen molar-refractivity contribution in [2.75, 3.05) is 19.6 Å². The average Bonchev–Trinajstić information content (AvgIpc) is 3.35. The number of carboxylic acid groups (broad SMARTS) is 1. The van der Waals surface area contributed by atoms with Crippen molar-refractivity contribution in [3.8, 4) is 0 Å². The molecule has 8 heteroatoms. The largest absolute Gasteiger partial charge is 0.478 e. The monoisotopic (exact) mass is 392 g/mol. The molecule has 1 fully saturated rings. The smallest absolute Gasteiger partial charge is 0.335 e. The van der Waals surface area contributed by atoms with Gasteiger partial charge in [0.1, 0.15) is 5.76 Å². The number of sulfonamides is 1. The van der Waals surface area contributed by atoms with E-state index >= 15 is 0 Å². The average molecular weight is 392 g/mol. The van der Waals surface area contributed by atoms with Crippen LogP contribution in [0.1, 0.15) is 47.5 Å². The summed E-state index contributed by atoms with van der Waals surface area (Å²) in [5, 5.41) is 9.19. The maximum absolute atomic E-state index is 12.9. The second-order valence-corrected chi connectivity index (χ2v) is 8.34. The molecule has 7 nitrogen and oxygen atoms in total. The predicted octanol–water partition coefficient (Wildman–Crippen LogP) is 2.66. The van der Waals surface area contributed by atoms with Gasteiger partial charge in [-0.05, 0) is 62.2 Å². The number of aromatic carboxylic acids is 1. The van der Waals surface area contributed by atoms with Crippen LogP contribution in [-0.4, -0.2) is 44.0 Å². The zero-order valence-electron chi connectivity index (χ0n) is 15.2. The van der Waals surface area contributed by atoms with Crippen molar-refractivity contribution >= 4 is 16.0 Å². The van der Waals surface area contributed by atoms with Gasteiger partial charge in [-0.25, -0.2) is 17.9 Å². The van der Waals surface area contributed by atoms with Gasteiger partial charge in [0.15, 0.2) is 0 Å². The summed E-state index contributed by atoms with van der Waals surface area (Å²) in [6.07, 6.45) is 4.22. The first-order valence-electron chi connectivity index (χ1n) is 9.05. The zero-order valence-corrected chi connectivity index (χ0v) is 16.0. The number of nitrogens with one attached hydrogen (secondary N) is 1. The molecule has 2 heterocycles. The number of carbonyl (C=O) groups is 1. The van der Waals surface area contributed by atoms with Gasteiger partial charge in [0.25, 0.3) is 0 Å². The van der Waals surface area contributed by atoms with Gasteiger partial charge in [0.05, 0.1) is 22.8 Å². The van der Waals surface area contributed by atoms with E-state index in [0.717, 1.165) is 31.7 Å². The molecule has 2 aromatic rings. The summed E-state index contributed by atoms with van der Waals surface area (Å²) in [4.78, 5) is 13.5. The van der Waals surface area contributed by atoms with Crippen molar-refractivity contribution in [3.63, 3.8) is 0 Å². The number of aryl methyl sites for hydroxylation is 1. The molecule has 0 amide bonds. The highest BCUT2D eigenvalue weighted by atomic mass is 32.2. The van der Waals surface area contributed by atoms with Gasteiger partial charge in [0.2, 0.25) is 10.0 Å². The maximum Gasteiger partial charge on any atom is 0.335 e. The minimum absolute atomic E-state index is 0.0181. The molecule has 27 heavy (non-hydrogen) atoms. The first-order valence-corrected chi connectivity index (χ1v) is 10.5. The Morgan fingerprint density at radius 2 is 2.04 bits per heavy atom. The summed E-state index contributed by atoms with van der Waals surface area (Å²) >= 11 is 0. The molecule has 1 unspecified atom stereocenters. The molecule has 1 aliphatic rings. The number of hydrogen-bond acceptors (Lipinski definition) is 5. The van der Waals surface area contributed by atoms with Gasteiger partial charge < -0.3 is 9.52 Å². The van der Waals surface area contributed by atoms with Crippen LogP contribution in [-0.2, 0) is 16.4 Å². The van der Waals surface area contributed by atoms with E-state index < -0.39 is 16.0 Å². The minimum Gasteiger partial charge on any atom is -0.478 e. The SMILES string of the molecule is CCc1ccc(C(=O)O)cc1S(=O)(=O)NCC(c1ccco1)N1CCCC1. The zero-order chi connectivity index (χ0) is 19.4. The van der Waals surface area contributed by atoms with Crippen molar-refractivity contribution in [3.05, 3.63) is 53.5 Å². The van der Waals surface area contributed by atoms with Crippen molar-refractivity contribution in [2.45, 2.75) is 37.1 Å². The Morgan fingerprint density at radius 3 is 2.63 bits per heavy atom. The van der Waals surface area contributed by atoms with E-state index in [4.69, 9.17) is 4.42 Å². The van der Waals surface area contributed by atoms with Crippen LogP contribution in [0.25, 0.3) is 0 Å². The number of rotatable bonds is 8. The van der Waals surface area contributed by atoms with E-state index in [1.165, 1.54) is 12.1 Å². The fourth-order valence-electron chi connectivity index (χ4n) is 3.44. The first-order chi connectivity index (χ1) is 12.9. The van der Waals surface area contributed by atoms with E-state index in [0.29, 0.717) is 12.0 Å². The van der Waals surface area contributed by atoms with Crippen LogP contribution in [0.4, 0.5) is 0 Å². The lowest BCUT2D eigenvalue weighted by atomic mass is 10.1. The summed E-state index contributed by atoms with van der Waals surface area (Å²) in [6, 6.07) is 7.66. The summed E-state index contributed by atoms with van der Waals surface area (Å²) in [5.41, 5.74) is 0.540. The van der Waals surface area contributed by atoms with Crippen LogP contribution in [0.3, 0.4) is 0 Å². The molecule has 3 rings (SSSR count). The number of benzene rings is 1. The second kappa shape index (κ2) is 8.24. The predicted molar refractivity (Wildman–Crippen MR) is 100 cm³/mol. The minimum atomic E-state index is -3.86. The molecule has 1 aromatic carbocycles. The van der Waals surface area contributed by atoms with Gasteiger partial charge in [-0.2, -0.15) is 0 Å². The van der Waals surface area contributed by atoms with Gasteiger partial charge in [-0.1, -0.05) is 13.0 Å². The van der Waals surface area contributed by atoms with Crippen molar-refractivity contribution in [1.82, 2.24) is 9.62 Å². The number of likely N-dealkylation sites (tertiary alicyclic amines) is 1. The summed E-state index contributed by atoms with van der Waals surface area (Å²) in [6.45, 7) is 3.78. The summed E-state index contributed by atoms with van der Waals surface area (Å²) in [7, 11) is -3.86. The molecule has 1 atom stereocenters. The number of furan rings is 1. The third kappa shape index (κ3) is 4.40. The van der Waals surface area contributed by atoms with Crippen LogP contribution in [0.5, 0.6) is 0 Å². The van der Waals surface area contributed by atoms with E-state index in [9.17, 15) is 18.3 Å². The third-order valence-electron chi connectivity index (χ3n) is 4.90. The van der Waals surface area contributed by atoms with E-state index in [1.807, 2.05) is 13.0 Å². The van der Waals surface area contributed by atoms with Crippen LogP contribution >= 0.6 is 0 Å². The Balaban J connectivity index is 1.85. The van der Waals surface area contributed by atoms with Gasteiger partial charge >= 0.3 is 5.97 Å². The number of carboxylic acids is 1. The van der Waals surface area contributed by atoms with Crippen molar-refractivity contribution < 1.29 is 22.7 Å². The number of nitrogens with zero attached hydrogens (tertiary/aromatic N) is 1. The second-order valence-electron chi connectivity index (χ2n) is 6.61. The van der Waals surface area contributed by atoms with Crippen molar-refractivity contribution in [2.24, 2.45) is 0 Å². The van der Waals surface area contributed by atoms with E-state index in [1.54, 1.807) is 18.4 Å². The Bertz CT molecular complexity index is 887. The molecule has 0 radical (unpaired) electrons. The molecule has 0 spiro atoms. The number of hydrogen-bond donors (Lipinski definition) is 2. The van der Waals surface area contributed by atoms with Gasteiger partial charge in [-0.3, -0.25) is 4.90 Å². The molecular formula is C19H24N2O5S. The summed E-state index contributed by atoms with van der Waals surface area (Å²) in [5.74, 6) is -0.436. The maximum atomic E-state index is 12.9. The molecule has 146 valence electrons. The standard InChI is InChI=1S/C19H24N2O5S/c1-2-14-7-8-15(19(22)23)12-18(14)27(24,25)20-13-16(17-6-5-11-26-17)21-9-3-4-10-21/h5-8,11-12,16,20H,2-4,9-10,13H2,1H3,(H,22,23). The molecule has 0 aliphatic carbocycles. The van der Waals surface area contributed by atoms with Crippen LogP contribution in [0, 0.1) is 0 Å². The lowest BCUT2D eigenvalue weighted by Crippen LogP contribution is -2.37. The van der Waals surface area contributed by atoms with Gasteiger partial charge in [0, 0.05) is 6.54 Å². The topological polar surface area (TPSA) is 99.8 Å². The molecule has 2 N–H and O–H groups in total. The Morgan fingerprint density at radius 1 is 1.30 bits per heavy atom. The van der Waals surface area contributed by atoms with E-state index in [-0.39, 0.29) is 23.0 Å². The fraction of sp³-hybridized carbons (Fsp3) is 0.421. The highest BCUT2D eigenvalue weighted by molar-refractivity contribution is 7.89. The molecule has 0 saturated carbocycles. The lowest BCUT2D eigenvalue weighted by Gasteiger charge is -2.26. The molecule has 1 aliphatic heterocycles. The molecular weight excluding hydrogens is 368 g/mol. The van der Waals surface area contributed by atoms with E-state index in [2.05, 4.69) is 9.62 Å². The Hall–Kier alpha value is -2.16. The normalized spacial score (nSPS) is 16.5. The summed E-state index contributed by atoms with van der Waals surface area (Å²) < 4.78 is 34.0. The molecule has 0 bridgehead atoms. The highest BCUT2D eigenvalue weighted by Crippen LogP contribution is 2.26. The third-order valence-corrected chi connectivity index (χ3v) is 6.41. The molecule has 1 aromatic heterocycles. The van der Waals surface area contributed by atoms with Crippen LogP contribution < -0.4 is 4.72 Å². The highest BCUT2D eigenvalue weighted by Gasteiger charge is 2.28. The lowest BCUT2D eigenvalue weighted by molar-refractivity contribution is 0.0696. The van der Waals surface area contributed by atoms with Gasteiger partial charge in [-0.15, -0.1) is 0 Å². The van der Waals surface area contributed by atoms with Crippen molar-refractivity contribution in [1.29, 1.82) is 0 Å². The van der Waals surface area contributed by atoms with Crippen LogP contribution in [0.2, 0.25) is 0 Å². The molecule has 1 saturated heterocycles. The fourth-order valence-corrected chi connectivity index (χ4v) is 4.81.